The molecule has 0 spiro atoms. The van der Waals surface area contributed by atoms with Crippen molar-refractivity contribution in [1.29, 1.82) is 0 Å². The molecule has 0 aromatic rings. The van der Waals surface area contributed by atoms with Crippen molar-refractivity contribution in [3.05, 3.63) is 0 Å². The number of halogens is 3. The second kappa shape index (κ2) is 6.64. The zero-order chi connectivity index (χ0) is 11.0. The fraction of sp³-hybridized carbons (Fsp3) is 0.875. The maximum absolute atomic E-state index is 11.6. The highest BCUT2D eigenvalue weighted by Gasteiger charge is 2.25. The zero-order valence-corrected chi connectivity index (χ0v) is 8.08. The van der Waals surface area contributed by atoms with Crippen LogP contribution < -0.4 is 10.6 Å². The molecule has 6 heteroatoms. The van der Waals surface area contributed by atoms with Gasteiger partial charge in [-0.2, -0.15) is 13.2 Å². The summed E-state index contributed by atoms with van der Waals surface area (Å²) >= 11 is 0. The van der Waals surface area contributed by atoms with Crippen LogP contribution in [-0.2, 0) is 4.79 Å². The van der Waals surface area contributed by atoms with E-state index in [-0.39, 0.29) is 12.5 Å². The first kappa shape index (κ1) is 13.2. The lowest BCUT2D eigenvalue weighted by Gasteiger charge is -2.07. The van der Waals surface area contributed by atoms with Crippen molar-refractivity contribution in [2.24, 2.45) is 0 Å². The Morgan fingerprint density at radius 1 is 1.29 bits per heavy atom. The van der Waals surface area contributed by atoms with Crippen LogP contribution in [0.5, 0.6) is 0 Å². The lowest BCUT2D eigenvalue weighted by Crippen LogP contribution is -2.24. The molecule has 0 aliphatic carbocycles. The second-order valence-electron chi connectivity index (χ2n) is 2.89. The summed E-state index contributed by atoms with van der Waals surface area (Å²) in [5.41, 5.74) is 0. The Hall–Kier alpha value is -0.780. The van der Waals surface area contributed by atoms with Crippen molar-refractivity contribution in [2.45, 2.75) is 25.4 Å². The quantitative estimate of drug-likeness (QED) is 0.646. The first-order chi connectivity index (χ1) is 6.45. The summed E-state index contributed by atoms with van der Waals surface area (Å²) in [5.74, 6) is -0.0948. The average molecular weight is 212 g/mol. The molecule has 2 N–H and O–H groups in total. The molecule has 14 heavy (non-hydrogen) atoms. The molecule has 0 heterocycles. The normalized spacial score (nSPS) is 11.4. The van der Waals surface area contributed by atoms with Crippen molar-refractivity contribution < 1.29 is 18.0 Å². The van der Waals surface area contributed by atoms with Gasteiger partial charge in [0.25, 0.3) is 0 Å². The minimum atomic E-state index is -4.10. The second-order valence-corrected chi connectivity index (χ2v) is 2.89. The average Bonchev–Trinajstić information content (AvgIpc) is 2.08. The number of amides is 1. The Labute approximate surface area is 81.1 Å². The molecular formula is C8H15F3N2O. The Kier molecular flexibility index (Phi) is 6.27. The smallest absolute Gasteiger partial charge is 0.359 e. The van der Waals surface area contributed by atoms with E-state index in [2.05, 4.69) is 10.6 Å². The number of rotatable bonds is 6. The summed E-state index contributed by atoms with van der Waals surface area (Å²) in [5, 5.41) is 5.05. The Morgan fingerprint density at radius 2 is 1.93 bits per heavy atom. The minimum Gasteiger partial charge on any atom is -0.359 e. The van der Waals surface area contributed by atoms with Crippen molar-refractivity contribution in [1.82, 2.24) is 10.6 Å². The van der Waals surface area contributed by atoms with Gasteiger partial charge in [-0.05, 0) is 13.0 Å². The summed E-state index contributed by atoms with van der Waals surface area (Å²) < 4.78 is 34.9. The maximum Gasteiger partial charge on any atom is 0.390 e. The molecule has 0 aliphatic rings. The molecule has 0 fully saturated rings. The van der Waals surface area contributed by atoms with Gasteiger partial charge in [-0.15, -0.1) is 0 Å². The SMILES string of the molecule is CNC(=O)CCCNCCC(F)(F)F. The third kappa shape index (κ3) is 9.31. The van der Waals surface area contributed by atoms with Crippen LogP contribution in [-0.4, -0.2) is 32.2 Å². The molecule has 84 valence electrons. The third-order valence-electron chi connectivity index (χ3n) is 1.62. The van der Waals surface area contributed by atoms with Gasteiger partial charge >= 0.3 is 6.18 Å². The van der Waals surface area contributed by atoms with E-state index in [0.29, 0.717) is 19.4 Å². The molecule has 0 atom stereocenters. The fourth-order valence-electron chi connectivity index (χ4n) is 0.854. The molecule has 0 saturated heterocycles. The van der Waals surface area contributed by atoms with Gasteiger partial charge in [-0.3, -0.25) is 4.79 Å². The largest absolute Gasteiger partial charge is 0.390 e. The van der Waals surface area contributed by atoms with Crippen molar-refractivity contribution >= 4 is 5.91 Å². The monoisotopic (exact) mass is 212 g/mol. The first-order valence-corrected chi connectivity index (χ1v) is 4.44. The number of hydrogen-bond donors (Lipinski definition) is 2. The van der Waals surface area contributed by atoms with Crippen LogP contribution in [0, 0.1) is 0 Å². The van der Waals surface area contributed by atoms with E-state index in [0.717, 1.165) is 0 Å². The molecule has 3 nitrogen and oxygen atoms in total. The van der Waals surface area contributed by atoms with E-state index in [1.54, 1.807) is 0 Å². The number of hydrogen-bond acceptors (Lipinski definition) is 2. The summed E-state index contributed by atoms with van der Waals surface area (Å²) in [6.45, 7) is 0.348. The van der Waals surface area contributed by atoms with Crippen LogP contribution in [0.15, 0.2) is 0 Å². The molecule has 0 aliphatic heterocycles. The predicted molar refractivity (Wildman–Crippen MR) is 46.8 cm³/mol. The molecule has 0 rings (SSSR count). The van der Waals surface area contributed by atoms with Crippen LogP contribution in [0.1, 0.15) is 19.3 Å². The highest BCUT2D eigenvalue weighted by molar-refractivity contribution is 5.75. The van der Waals surface area contributed by atoms with Crippen molar-refractivity contribution in [3.8, 4) is 0 Å². The van der Waals surface area contributed by atoms with Gasteiger partial charge in [0.2, 0.25) is 5.91 Å². The Bertz CT molecular complexity index is 170. The van der Waals surface area contributed by atoms with E-state index >= 15 is 0 Å². The number of nitrogens with one attached hydrogen (secondary N) is 2. The third-order valence-corrected chi connectivity index (χ3v) is 1.62. The predicted octanol–water partition coefficient (Wildman–Crippen LogP) is 1.05. The number of carbonyl (C=O) groups is 1. The highest BCUT2D eigenvalue weighted by Crippen LogP contribution is 2.17. The topological polar surface area (TPSA) is 41.1 Å². The van der Waals surface area contributed by atoms with Gasteiger partial charge in [-0.25, -0.2) is 0 Å². The zero-order valence-electron chi connectivity index (χ0n) is 8.08. The van der Waals surface area contributed by atoms with Gasteiger partial charge in [0.1, 0.15) is 0 Å². The molecule has 0 bridgehead atoms. The summed E-state index contributed by atoms with van der Waals surface area (Å²) in [6.07, 6.45) is -4.03. The van der Waals surface area contributed by atoms with Crippen LogP contribution in [0.3, 0.4) is 0 Å². The van der Waals surface area contributed by atoms with E-state index in [9.17, 15) is 18.0 Å². The van der Waals surface area contributed by atoms with Crippen LogP contribution in [0.2, 0.25) is 0 Å². The van der Waals surface area contributed by atoms with Gasteiger partial charge in [0.05, 0.1) is 6.42 Å². The molecular weight excluding hydrogens is 197 g/mol. The number of alkyl halides is 3. The fourth-order valence-corrected chi connectivity index (χ4v) is 0.854. The molecule has 0 aromatic carbocycles. The van der Waals surface area contributed by atoms with Crippen LogP contribution in [0.4, 0.5) is 13.2 Å². The highest BCUT2D eigenvalue weighted by atomic mass is 19.4. The van der Waals surface area contributed by atoms with E-state index in [4.69, 9.17) is 0 Å². The number of carbonyl (C=O) groups excluding carboxylic acids is 1. The maximum atomic E-state index is 11.6. The Morgan fingerprint density at radius 3 is 2.43 bits per heavy atom. The molecule has 0 aromatic heterocycles. The van der Waals surface area contributed by atoms with Crippen molar-refractivity contribution in [3.63, 3.8) is 0 Å². The van der Waals surface area contributed by atoms with Gasteiger partial charge < -0.3 is 10.6 Å². The van der Waals surface area contributed by atoms with Crippen molar-refractivity contribution in [2.75, 3.05) is 20.1 Å². The molecule has 1 amide bonds. The first-order valence-electron chi connectivity index (χ1n) is 4.44. The molecule has 0 radical (unpaired) electrons. The summed E-state index contributed by atoms with van der Waals surface area (Å²) in [6, 6.07) is 0. The standard InChI is InChI=1S/C8H15F3N2O/c1-12-7(14)3-2-5-13-6-4-8(9,10)11/h13H,2-6H2,1H3,(H,12,14). The van der Waals surface area contributed by atoms with Gasteiger partial charge in [0.15, 0.2) is 0 Å². The molecule has 0 saturated carbocycles. The Balaban J connectivity index is 3.18. The van der Waals surface area contributed by atoms with Gasteiger partial charge in [-0.1, -0.05) is 0 Å². The van der Waals surface area contributed by atoms with Gasteiger partial charge in [0, 0.05) is 20.0 Å². The van der Waals surface area contributed by atoms with E-state index in [1.807, 2.05) is 0 Å². The van der Waals surface area contributed by atoms with Crippen LogP contribution in [0.25, 0.3) is 0 Å². The summed E-state index contributed by atoms with van der Waals surface area (Å²) in [4.78, 5) is 10.7. The van der Waals surface area contributed by atoms with E-state index < -0.39 is 12.6 Å². The van der Waals surface area contributed by atoms with E-state index in [1.165, 1.54) is 7.05 Å². The lowest BCUT2D eigenvalue weighted by atomic mass is 10.3. The van der Waals surface area contributed by atoms with Crippen LogP contribution >= 0.6 is 0 Å². The summed E-state index contributed by atoms with van der Waals surface area (Å²) in [7, 11) is 1.53. The molecule has 0 unspecified atom stereocenters. The lowest BCUT2D eigenvalue weighted by molar-refractivity contribution is -0.133. The minimum absolute atomic E-state index is 0.0861.